The van der Waals surface area contributed by atoms with E-state index in [-0.39, 0.29) is 5.91 Å². The molecule has 0 spiro atoms. The molecule has 0 saturated heterocycles. The largest absolute Gasteiger partial charge is 0.480 e. The molecule has 1 amide bonds. The van der Waals surface area contributed by atoms with Crippen LogP contribution in [0.15, 0.2) is 0 Å². The van der Waals surface area contributed by atoms with Crippen LogP contribution >= 0.6 is 11.8 Å². The van der Waals surface area contributed by atoms with Gasteiger partial charge in [0.05, 0.1) is 0 Å². The molecule has 0 bridgehead atoms. The normalized spacial score (nSPS) is 17.1. The average molecular weight is 231 g/mol. The summed E-state index contributed by atoms with van der Waals surface area (Å²) in [6.45, 7) is 0.592. The van der Waals surface area contributed by atoms with Crippen LogP contribution in [0.1, 0.15) is 25.7 Å². The van der Waals surface area contributed by atoms with E-state index in [2.05, 4.69) is 5.32 Å². The van der Waals surface area contributed by atoms with Crippen molar-refractivity contribution >= 4 is 23.6 Å². The van der Waals surface area contributed by atoms with E-state index in [1.165, 1.54) is 0 Å². The van der Waals surface area contributed by atoms with Gasteiger partial charge in [0.2, 0.25) is 5.91 Å². The van der Waals surface area contributed by atoms with E-state index in [0.29, 0.717) is 19.4 Å². The maximum Gasteiger partial charge on any atom is 0.319 e. The van der Waals surface area contributed by atoms with Crippen LogP contribution in [0.4, 0.5) is 0 Å². The van der Waals surface area contributed by atoms with E-state index < -0.39 is 11.4 Å². The molecule has 0 aromatic rings. The zero-order chi connectivity index (χ0) is 11.3. The topological polar surface area (TPSA) is 66.4 Å². The lowest BCUT2D eigenvalue weighted by molar-refractivity contribution is -0.149. The third kappa shape index (κ3) is 3.12. The van der Waals surface area contributed by atoms with Gasteiger partial charge in [0.1, 0.15) is 5.41 Å². The number of aliphatic carboxylic acids is 1. The summed E-state index contributed by atoms with van der Waals surface area (Å²) in [5.74, 6) is -0.205. The molecule has 0 radical (unpaired) electrons. The molecule has 2 N–H and O–H groups in total. The van der Waals surface area contributed by atoms with Crippen molar-refractivity contribution in [2.45, 2.75) is 25.7 Å². The van der Waals surface area contributed by atoms with Gasteiger partial charge in [0.15, 0.2) is 0 Å². The summed E-state index contributed by atoms with van der Waals surface area (Å²) in [5, 5.41) is 11.5. The van der Waals surface area contributed by atoms with E-state index in [0.717, 1.165) is 18.6 Å². The summed E-state index contributed by atoms with van der Waals surface area (Å²) >= 11 is 1.78. The average Bonchev–Trinajstić information content (AvgIpc) is 2.97. The predicted molar refractivity (Wildman–Crippen MR) is 59.9 cm³/mol. The molecule has 0 unspecified atom stereocenters. The third-order valence-corrected chi connectivity index (χ3v) is 3.35. The Morgan fingerprint density at radius 2 is 2.07 bits per heavy atom. The van der Waals surface area contributed by atoms with Gasteiger partial charge < -0.3 is 10.4 Å². The maximum absolute atomic E-state index is 11.5. The minimum Gasteiger partial charge on any atom is -0.480 e. The number of hydrogen-bond acceptors (Lipinski definition) is 3. The Labute approximate surface area is 93.8 Å². The van der Waals surface area contributed by atoms with Crippen LogP contribution in [0, 0.1) is 5.41 Å². The minimum absolute atomic E-state index is 0.306. The van der Waals surface area contributed by atoms with E-state index in [1.54, 1.807) is 11.8 Å². The number of nitrogens with one attached hydrogen (secondary N) is 1. The molecule has 86 valence electrons. The Morgan fingerprint density at radius 1 is 1.40 bits per heavy atom. The third-order valence-electron chi connectivity index (χ3n) is 2.65. The summed E-state index contributed by atoms with van der Waals surface area (Å²) in [6.07, 6.45) is 4.99. The first-order valence-electron chi connectivity index (χ1n) is 5.14. The first-order chi connectivity index (χ1) is 7.13. The number of rotatable bonds is 7. The lowest BCUT2D eigenvalue weighted by atomic mass is 10.1. The van der Waals surface area contributed by atoms with Crippen LogP contribution < -0.4 is 5.32 Å². The van der Waals surface area contributed by atoms with Crippen LogP contribution in [0.5, 0.6) is 0 Å². The van der Waals surface area contributed by atoms with Crippen LogP contribution in [0.3, 0.4) is 0 Å². The molecule has 1 saturated carbocycles. The molecule has 1 aliphatic rings. The highest BCUT2D eigenvalue weighted by Gasteiger charge is 2.56. The number of amides is 1. The van der Waals surface area contributed by atoms with Crippen molar-refractivity contribution in [2.75, 3.05) is 18.6 Å². The van der Waals surface area contributed by atoms with E-state index in [4.69, 9.17) is 5.11 Å². The molecule has 1 rings (SSSR count). The number of hydrogen-bond donors (Lipinski definition) is 2. The Bertz CT molecular complexity index is 251. The molecule has 4 nitrogen and oxygen atoms in total. The smallest absolute Gasteiger partial charge is 0.319 e. The van der Waals surface area contributed by atoms with Crippen molar-refractivity contribution in [3.05, 3.63) is 0 Å². The number of carbonyl (C=O) groups is 2. The second-order valence-electron chi connectivity index (χ2n) is 3.84. The van der Waals surface area contributed by atoms with Crippen LogP contribution in [0.2, 0.25) is 0 Å². The summed E-state index contributed by atoms with van der Waals surface area (Å²) in [4.78, 5) is 22.3. The lowest BCUT2D eigenvalue weighted by Crippen LogP contribution is -2.37. The van der Waals surface area contributed by atoms with E-state index in [9.17, 15) is 9.59 Å². The van der Waals surface area contributed by atoms with Gasteiger partial charge in [-0.1, -0.05) is 0 Å². The molecule has 0 heterocycles. The second-order valence-corrected chi connectivity index (χ2v) is 4.83. The van der Waals surface area contributed by atoms with Crippen LogP contribution in [0.25, 0.3) is 0 Å². The van der Waals surface area contributed by atoms with Crippen molar-refractivity contribution in [3.63, 3.8) is 0 Å². The van der Waals surface area contributed by atoms with Gasteiger partial charge in [-0.15, -0.1) is 0 Å². The standard InChI is InChI=1S/C10H17NO3S/c1-15-7-3-2-6-11-8(12)10(4-5-10)9(13)14/h2-7H2,1H3,(H,11,12)(H,13,14). The highest BCUT2D eigenvalue weighted by atomic mass is 32.2. The van der Waals surface area contributed by atoms with Gasteiger partial charge in [-0.2, -0.15) is 11.8 Å². The molecule has 0 aromatic carbocycles. The quantitative estimate of drug-likeness (QED) is 0.509. The van der Waals surface area contributed by atoms with E-state index in [1.807, 2.05) is 6.26 Å². The second kappa shape index (κ2) is 5.39. The van der Waals surface area contributed by atoms with Gasteiger partial charge in [-0.25, -0.2) is 0 Å². The van der Waals surface area contributed by atoms with Gasteiger partial charge >= 0.3 is 5.97 Å². The zero-order valence-electron chi connectivity index (χ0n) is 8.91. The van der Waals surface area contributed by atoms with Gasteiger partial charge in [0, 0.05) is 6.54 Å². The Balaban J connectivity index is 2.17. The summed E-state index contributed by atoms with van der Waals surface area (Å²) in [6, 6.07) is 0. The zero-order valence-corrected chi connectivity index (χ0v) is 9.73. The van der Waals surface area contributed by atoms with Crippen molar-refractivity contribution in [3.8, 4) is 0 Å². The molecular weight excluding hydrogens is 214 g/mol. The number of unbranched alkanes of at least 4 members (excludes halogenated alkanes) is 1. The highest BCUT2D eigenvalue weighted by Crippen LogP contribution is 2.45. The fourth-order valence-electron chi connectivity index (χ4n) is 1.41. The Kier molecular flexibility index (Phi) is 4.45. The van der Waals surface area contributed by atoms with Crippen molar-refractivity contribution in [1.29, 1.82) is 0 Å². The van der Waals surface area contributed by atoms with Crippen LogP contribution in [-0.2, 0) is 9.59 Å². The fourth-order valence-corrected chi connectivity index (χ4v) is 1.90. The number of carboxylic acids is 1. The summed E-state index contributed by atoms with van der Waals surface area (Å²) < 4.78 is 0. The van der Waals surface area contributed by atoms with Gasteiger partial charge in [0.25, 0.3) is 0 Å². The fraction of sp³-hybridized carbons (Fsp3) is 0.800. The monoisotopic (exact) mass is 231 g/mol. The molecule has 0 aliphatic heterocycles. The summed E-state index contributed by atoms with van der Waals surface area (Å²) in [5.41, 5.74) is -1.08. The Hall–Kier alpha value is -0.710. The predicted octanol–water partition coefficient (Wildman–Crippen LogP) is 1.11. The maximum atomic E-state index is 11.5. The van der Waals surface area contributed by atoms with Crippen molar-refractivity contribution in [1.82, 2.24) is 5.32 Å². The first-order valence-corrected chi connectivity index (χ1v) is 6.53. The first kappa shape index (κ1) is 12.4. The SMILES string of the molecule is CSCCCCNC(=O)C1(C(=O)O)CC1. The molecule has 15 heavy (non-hydrogen) atoms. The molecule has 0 aromatic heterocycles. The van der Waals surface area contributed by atoms with Crippen LogP contribution in [-0.4, -0.2) is 35.5 Å². The summed E-state index contributed by atoms with van der Waals surface area (Å²) in [7, 11) is 0. The molecule has 1 fully saturated rings. The van der Waals surface area contributed by atoms with Gasteiger partial charge in [-0.05, 0) is 37.7 Å². The van der Waals surface area contributed by atoms with Gasteiger partial charge in [-0.3, -0.25) is 9.59 Å². The molecule has 5 heteroatoms. The number of carboxylic acid groups (broad SMARTS) is 1. The number of thioether (sulfide) groups is 1. The molecule has 0 atom stereocenters. The van der Waals surface area contributed by atoms with Crippen molar-refractivity contribution in [2.24, 2.45) is 5.41 Å². The number of carbonyl (C=O) groups excluding carboxylic acids is 1. The van der Waals surface area contributed by atoms with E-state index >= 15 is 0 Å². The lowest BCUT2D eigenvalue weighted by Gasteiger charge is -2.10. The Morgan fingerprint density at radius 3 is 2.53 bits per heavy atom. The highest BCUT2D eigenvalue weighted by molar-refractivity contribution is 7.98. The molecule has 1 aliphatic carbocycles. The van der Waals surface area contributed by atoms with Crippen molar-refractivity contribution < 1.29 is 14.7 Å². The molecular formula is C10H17NO3S. The minimum atomic E-state index is -1.08.